The fourth-order valence-corrected chi connectivity index (χ4v) is 3.67. The Bertz CT molecular complexity index is 275. The van der Waals surface area contributed by atoms with Crippen LogP contribution >= 0.6 is 0 Å². The largest absolute Gasteiger partial charge is 0.390 e. The fourth-order valence-electron chi connectivity index (χ4n) is 3.67. The van der Waals surface area contributed by atoms with Gasteiger partial charge in [-0.15, -0.1) is 0 Å². The number of nitrogens with one attached hydrogen (secondary N) is 1. The Labute approximate surface area is 172 Å². The number of allylic oxidation sites excluding steroid dienone is 1. The minimum Gasteiger partial charge on any atom is -0.390 e. The zero-order valence-corrected chi connectivity index (χ0v) is 18.8. The molecule has 0 fully saturated rings. The second-order valence-corrected chi connectivity index (χ2v) is 8.30. The number of hydrogen-bond acceptors (Lipinski definition) is 2. The fraction of sp³-hybridized carbons (Fsp3) is 0.920. The summed E-state index contributed by atoms with van der Waals surface area (Å²) in [5.41, 5.74) is 5.42. The van der Waals surface area contributed by atoms with Crippen LogP contribution in [0.3, 0.4) is 0 Å². The van der Waals surface area contributed by atoms with Crippen molar-refractivity contribution in [1.82, 2.24) is 5.32 Å². The summed E-state index contributed by atoms with van der Waals surface area (Å²) in [5, 5.41) is 3.19. The van der Waals surface area contributed by atoms with E-state index in [1.54, 1.807) is 0 Å². The van der Waals surface area contributed by atoms with Crippen molar-refractivity contribution in [2.24, 2.45) is 5.73 Å². The number of rotatable bonds is 23. The lowest BCUT2D eigenvalue weighted by Crippen LogP contribution is -2.16. The van der Waals surface area contributed by atoms with Crippen molar-refractivity contribution in [3.63, 3.8) is 0 Å². The van der Waals surface area contributed by atoms with Crippen molar-refractivity contribution in [2.75, 3.05) is 13.1 Å². The Morgan fingerprint density at radius 3 is 1.30 bits per heavy atom. The highest BCUT2D eigenvalue weighted by Gasteiger charge is 1.95. The number of hydrogen-bond donors (Lipinski definition) is 2. The standard InChI is InChI=1S/C25H52N2/c1-2-3-4-5-6-7-8-9-10-11-12-13-14-15-16-17-18-19-20-21-22-24-27-25-23-26/h22,24,27H,2-21,23,25-26H2,1H3. The molecule has 2 heteroatoms. The first kappa shape index (κ1) is 26.5. The maximum Gasteiger partial charge on any atom is 0.0264 e. The third-order valence-corrected chi connectivity index (χ3v) is 5.50. The number of unbranched alkanes of at least 4 members (excludes halogenated alkanes) is 19. The van der Waals surface area contributed by atoms with Crippen LogP contribution in [0.4, 0.5) is 0 Å². The van der Waals surface area contributed by atoms with Crippen LogP contribution in [0, 0.1) is 0 Å². The van der Waals surface area contributed by atoms with Gasteiger partial charge in [-0.3, -0.25) is 0 Å². The van der Waals surface area contributed by atoms with E-state index in [1.165, 1.54) is 128 Å². The second-order valence-electron chi connectivity index (χ2n) is 8.30. The van der Waals surface area contributed by atoms with E-state index in [2.05, 4.69) is 24.5 Å². The summed E-state index contributed by atoms with van der Waals surface area (Å²) in [4.78, 5) is 0. The van der Waals surface area contributed by atoms with E-state index < -0.39 is 0 Å². The summed E-state index contributed by atoms with van der Waals surface area (Å²) in [6.45, 7) is 3.89. The Morgan fingerprint density at radius 1 is 0.556 bits per heavy atom. The molecule has 0 aliphatic carbocycles. The van der Waals surface area contributed by atoms with E-state index in [1.807, 2.05) is 0 Å². The van der Waals surface area contributed by atoms with Crippen LogP contribution in [0.15, 0.2) is 12.3 Å². The first-order valence-corrected chi connectivity index (χ1v) is 12.5. The van der Waals surface area contributed by atoms with Crippen molar-refractivity contribution in [1.29, 1.82) is 0 Å². The van der Waals surface area contributed by atoms with E-state index in [9.17, 15) is 0 Å². The highest BCUT2D eigenvalue weighted by atomic mass is 14.8. The molecule has 0 aliphatic heterocycles. The van der Waals surface area contributed by atoms with Gasteiger partial charge in [-0.2, -0.15) is 0 Å². The minimum absolute atomic E-state index is 0.712. The van der Waals surface area contributed by atoms with Crippen molar-refractivity contribution < 1.29 is 0 Å². The lowest BCUT2D eigenvalue weighted by molar-refractivity contribution is 0.523. The Morgan fingerprint density at radius 2 is 0.926 bits per heavy atom. The summed E-state index contributed by atoms with van der Waals surface area (Å²) in [5.74, 6) is 0. The molecule has 0 rings (SSSR count). The highest BCUT2D eigenvalue weighted by molar-refractivity contribution is 4.79. The van der Waals surface area contributed by atoms with Crippen molar-refractivity contribution in [3.05, 3.63) is 12.3 Å². The van der Waals surface area contributed by atoms with E-state index in [0.717, 1.165) is 6.54 Å². The zero-order chi connectivity index (χ0) is 19.7. The molecule has 0 aromatic heterocycles. The lowest BCUT2D eigenvalue weighted by atomic mass is 10.0. The predicted octanol–water partition coefficient (Wildman–Crippen LogP) is 7.87. The van der Waals surface area contributed by atoms with E-state index in [4.69, 9.17) is 5.73 Å². The van der Waals surface area contributed by atoms with Gasteiger partial charge in [0.05, 0.1) is 0 Å². The summed E-state index contributed by atoms with van der Waals surface area (Å²) < 4.78 is 0. The van der Waals surface area contributed by atoms with Crippen LogP contribution in [-0.4, -0.2) is 13.1 Å². The normalized spacial score (nSPS) is 11.5. The molecule has 0 aromatic carbocycles. The Hall–Kier alpha value is -0.500. The molecular weight excluding hydrogens is 328 g/mol. The predicted molar refractivity (Wildman–Crippen MR) is 124 cm³/mol. The highest BCUT2D eigenvalue weighted by Crippen LogP contribution is 2.14. The maximum absolute atomic E-state index is 5.42. The molecule has 0 radical (unpaired) electrons. The van der Waals surface area contributed by atoms with Crippen molar-refractivity contribution in [2.45, 2.75) is 135 Å². The lowest BCUT2D eigenvalue weighted by Gasteiger charge is -2.04. The number of nitrogens with two attached hydrogens (primary N) is 1. The molecule has 0 unspecified atom stereocenters. The van der Waals surface area contributed by atoms with Gasteiger partial charge in [0.15, 0.2) is 0 Å². The summed E-state index contributed by atoms with van der Waals surface area (Å²) >= 11 is 0. The van der Waals surface area contributed by atoms with Gasteiger partial charge in [-0.1, -0.05) is 129 Å². The molecule has 2 nitrogen and oxygen atoms in total. The third kappa shape index (κ3) is 25.5. The molecule has 162 valence electrons. The molecule has 0 aliphatic rings. The average molecular weight is 381 g/mol. The molecule has 0 amide bonds. The van der Waals surface area contributed by atoms with Gasteiger partial charge in [0.1, 0.15) is 0 Å². The van der Waals surface area contributed by atoms with Crippen LogP contribution in [0.5, 0.6) is 0 Å². The van der Waals surface area contributed by atoms with Crippen LogP contribution < -0.4 is 11.1 Å². The molecule has 0 aromatic rings. The molecule has 0 bridgehead atoms. The Balaban J connectivity index is 3.00. The van der Waals surface area contributed by atoms with Gasteiger partial charge in [0.25, 0.3) is 0 Å². The third-order valence-electron chi connectivity index (χ3n) is 5.50. The van der Waals surface area contributed by atoms with Crippen LogP contribution in [0.2, 0.25) is 0 Å². The quantitative estimate of drug-likeness (QED) is 0.177. The van der Waals surface area contributed by atoms with Crippen LogP contribution in [0.1, 0.15) is 135 Å². The van der Waals surface area contributed by atoms with Crippen LogP contribution in [-0.2, 0) is 0 Å². The molecule has 3 N–H and O–H groups in total. The summed E-state index contributed by atoms with van der Waals surface area (Å²) in [7, 11) is 0. The van der Waals surface area contributed by atoms with Gasteiger partial charge in [-0.25, -0.2) is 0 Å². The van der Waals surface area contributed by atoms with Gasteiger partial charge in [0.2, 0.25) is 0 Å². The topological polar surface area (TPSA) is 38.0 Å². The Kier molecular flexibility index (Phi) is 25.0. The van der Waals surface area contributed by atoms with E-state index in [-0.39, 0.29) is 0 Å². The monoisotopic (exact) mass is 380 g/mol. The summed E-state index contributed by atoms with van der Waals surface area (Å²) in [6, 6.07) is 0. The minimum atomic E-state index is 0.712. The molecule has 0 saturated heterocycles. The molecule has 0 heterocycles. The van der Waals surface area contributed by atoms with Gasteiger partial charge >= 0.3 is 0 Å². The first-order valence-electron chi connectivity index (χ1n) is 12.5. The second kappa shape index (κ2) is 25.5. The average Bonchev–Trinajstić information content (AvgIpc) is 2.68. The molecule has 0 spiro atoms. The smallest absolute Gasteiger partial charge is 0.0264 e. The molecule has 0 saturated carbocycles. The molecule has 0 atom stereocenters. The van der Waals surface area contributed by atoms with Gasteiger partial charge in [0, 0.05) is 13.1 Å². The first-order chi connectivity index (χ1) is 13.4. The SMILES string of the molecule is CCCCCCCCCCCCCCCCCCCCCC=CNCCN. The van der Waals surface area contributed by atoms with Crippen LogP contribution in [0.25, 0.3) is 0 Å². The molecular formula is C25H52N2. The van der Waals surface area contributed by atoms with Gasteiger partial charge < -0.3 is 11.1 Å². The van der Waals surface area contributed by atoms with Crippen molar-refractivity contribution in [3.8, 4) is 0 Å². The summed E-state index contributed by atoms with van der Waals surface area (Å²) in [6.07, 6.45) is 33.0. The van der Waals surface area contributed by atoms with Crippen molar-refractivity contribution >= 4 is 0 Å². The van der Waals surface area contributed by atoms with Gasteiger partial charge in [-0.05, 0) is 19.0 Å². The zero-order valence-electron chi connectivity index (χ0n) is 18.8. The maximum atomic E-state index is 5.42. The van der Waals surface area contributed by atoms with E-state index in [0.29, 0.717) is 6.54 Å². The van der Waals surface area contributed by atoms with E-state index >= 15 is 0 Å². The molecule has 27 heavy (non-hydrogen) atoms.